The van der Waals surface area contributed by atoms with Crippen LogP contribution in [-0.4, -0.2) is 30.2 Å². The predicted molar refractivity (Wildman–Crippen MR) is 109 cm³/mol. The summed E-state index contributed by atoms with van der Waals surface area (Å²) in [5.74, 6) is -0.535. The van der Waals surface area contributed by atoms with Crippen LogP contribution in [0.1, 0.15) is 11.1 Å². The summed E-state index contributed by atoms with van der Waals surface area (Å²) in [7, 11) is 0. The molecule has 140 valence electrons. The van der Waals surface area contributed by atoms with Crippen molar-refractivity contribution in [3.63, 3.8) is 0 Å². The normalized spacial score (nSPS) is 16.9. The molecule has 0 saturated carbocycles. The second-order valence-electron chi connectivity index (χ2n) is 6.67. The van der Waals surface area contributed by atoms with E-state index in [-0.39, 0.29) is 6.03 Å². The molecule has 0 fully saturated rings. The van der Waals surface area contributed by atoms with Crippen molar-refractivity contribution < 1.29 is 9.59 Å². The number of fused-ring (bicyclic) bond motifs is 3. The minimum absolute atomic E-state index is 0.319. The maximum Gasteiger partial charge on any atom is 0.315 e. The molecule has 1 aliphatic heterocycles. The molecule has 6 heteroatoms. The number of urea groups is 1. The Bertz CT molecular complexity index is 1020. The standard InChI is InChI=1S/C22H20N4O2/c23-21(27)15-12-17-16-8-4-5-9-18(16)25-20(17)19(13-15)26-22(28)24-11-10-14-6-2-1-3-7-14/h1-9,12-13,19H,10-11H2,(H2,23,27)(H2,24,26,28). The smallest absolute Gasteiger partial charge is 0.315 e. The first-order valence-electron chi connectivity index (χ1n) is 9.12. The van der Waals surface area contributed by atoms with Crippen LogP contribution in [0, 0.1) is 0 Å². The summed E-state index contributed by atoms with van der Waals surface area (Å²) in [4.78, 5) is 28.8. The molecule has 0 spiro atoms. The molecule has 1 heterocycles. The highest BCUT2D eigenvalue weighted by molar-refractivity contribution is 6.34. The van der Waals surface area contributed by atoms with E-state index in [2.05, 4.69) is 15.6 Å². The van der Waals surface area contributed by atoms with Crippen molar-refractivity contribution in [1.29, 1.82) is 0 Å². The van der Waals surface area contributed by atoms with Gasteiger partial charge < -0.3 is 16.4 Å². The van der Waals surface area contributed by atoms with E-state index in [0.29, 0.717) is 17.8 Å². The van der Waals surface area contributed by atoms with Crippen molar-refractivity contribution in [1.82, 2.24) is 10.6 Å². The second-order valence-corrected chi connectivity index (χ2v) is 6.67. The van der Waals surface area contributed by atoms with Gasteiger partial charge in [-0.1, -0.05) is 48.5 Å². The predicted octanol–water partition coefficient (Wildman–Crippen LogP) is 2.49. The number of nitrogens with one attached hydrogen (secondary N) is 2. The van der Waals surface area contributed by atoms with Crippen LogP contribution in [0.2, 0.25) is 0 Å². The Labute approximate surface area is 162 Å². The minimum Gasteiger partial charge on any atom is -0.366 e. The third-order valence-corrected chi connectivity index (χ3v) is 4.76. The van der Waals surface area contributed by atoms with E-state index >= 15 is 0 Å². The van der Waals surface area contributed by atoms with Gasteiger partial charge in [0.05, 0.1) is 17.4 Å². The minimum atomic E-state index is -0.535. The van der Waals surface area contributed by atoms with Gasteiger partial charge in [0.15, 0.2) is 0 Å². The molecule has 3 amide bonds. The van der Waals surface area contributed by atoms with E-state index in [4.69, 9.17) is 5.73 Å². The summed E-state index contributed by atoms with van der Waals surface area (Å²) in [5.41, 5.74) is 10.3. The summed E-state index contributed by atoms with van der Waals surface area (Å²) in [6, 6.07) is 16.8. The Morgan fingerprint density at radius 2 is 1.79 bits per heavy atom. The van der Waals surface area contributed by atoms with Crippen LogP contribution in [0.4, 0.5) is 10.5 Å². The number of nitrogens with two attached hydrogens (primary N) is 1. The zero-order valence-corrected chi connectivity index (χ0v) is 15.2. The van der Waals surface area contributed by atoms with Crippen LogP contribution in [0.25, 0.3) is 5.57 Å². The van der Waals surface area contributed by atoms with Gasteiger partial charge in [-0.05, 0) is 30.2 Å². The van der Waals surface area contributed by atoms with Crippen molar-refractivity contribution in [3.05, 3.63) is 83.4 Å². The van der Waals surface area contributed by atoms with Crippen LogP contribution in [0.15, 0.2) is 77.3 Å². The molecule has 1 unspecified atom stereocenters. The Morgan fingerprint density at radius 3 is 2.57 bits per heavy atom. The van der Waals surface area contributed by atoms with E-state index < -0.39 is 11.9 Å². The monoisotopic (exact) mass is 372 g/mol. The van der Waals surface area contributed by atoms with Crippen LogP contribution in [0.3, 0.4) is 0 Å². The average Bonchev–Trinajstić information content (AvgIpc) is 3.08. The first-order valence-corrected chi connectivity index (χ1v) is 9.12. The molecule has 1 atom stereocenters. The number of carbonyl (C=O) groups is 2. The Kier molecular flexibility index (Phi) is 4.76. The lowest BCUT2D eigenvalue weighted by Gasteiger charge is -2.21. The fourth-order valence-corrected chi connectivity index (χ4v) is 3.40. The molecule has 2 aromatic rings. The average molecular weight is 372 g/mol. The molecule has 6 nitrogen and oxygen atoms in total. The number of hydrogen-bond acceptors (Lipinski definition) is 3. The molecule has 0 aromatic heterocycles. The number of hydrogen-bond donors (Lipinski definition) is 3. The lowest BCUT2D eigenvalue weighted by Crippen LogP contribution is -2.46. The van der Waals surface area contributed by atoms with Gasteiger partial charge in [0.2, 0.25) is 5.91 Å². The number of benzene rings is 2. The fraction of sp³-hybridized carbons (Fsp3) is 0.136. The van der Waals surface area contributed by atoms with Crippen molar-refractivity contribution in [2.24, 2.45) is 10.7 Å². The molecule has 28 heavy (non-hydrogen) atoms. The van der Waals surface area contributed by atoms with Crippen molar-refractivity contribution in [2.75, 3.05) is 6.54 Å². The van der Waals surface area contributed by atoms with Gasteiger partial charge in [0.1, 0.15) is 0 Å². The first-order chi connectivity index (χ1) is 13.6. The summed E-state index contributed by atoms with van der Waals surface area (Å²) in [6.45, 7) is 0.504. The molecule has 2 aliphatic rings. The summed E-state index contributed by atoms with van der Waals surface area (Å²) in [6.07, 6.45) is 4.12. The quantitative estimate of drug-likeness (QED) is 0.752. The van der Waals surface area contributed by atoms with Gasteiger partial charge in [-0.25, -0.2) is 9.79 Å². The number of amides is 3. The van der Waals surface area contributed by atoms with E-state index in [0.717, 1.165) is 28.8 Å². The summed E-state index contributed by atoms with van der Waals surface area (Å²) >= 11 is 0. The Hall–Kier alpha value is -3.67. The van der Waals surface area contributed by atoms with Crippen LogP contribution in [0.5, 0.6) is 0 Å². The first kappa shape index (κ1) is 17.7. The largest absolute Gasteiger partial charge is 0.366 e. The highest BCUT2D eigenvalue weighted by atomic mass is 16.2. The zero-order valence-electron chi connectivity index (χ0n) is 15.2. The van der Waals surface area contributed by atoms with E-state index in [1.807, 2.05) is 54.6 Å². The Morgan fingerprint density at radius 1 is 1.04 bits per heavy atom. The highest BCUT2D eigenvalue weighted by Crippen LogP contribution is 2.38. The van der Waals surface area contributed by atoms with Gasteiger partial charge in [-0.15, -0.1) is 0 Å². The van der Waals surface area contributed by atoms with E-state index in [9.17, 15) is 9.59 Å². The number of nitrogens with zero attached hydrogens (tertiary/aromatic N) is 1. The molecule has 4 N–H and O–H groups in total. The number of carbonyl (C=O) groups excluding carboxylic acids is 2. The third kappa shape index (κ3) is 3.57. The zero-order chi connectivity index (χ0) is 19.5. The third-order valence-electron chi connectivity index (χ3n) is 4.76. The van der Waals surface area contributed by atoms with E-state index in [1.165, 1.54) is 0 Å². The molecule has 0 bridgehead atoms. The van der Waals surface area contributed by atoms with Crippen LogP contribution < -0.4 is 16.4 Å². The van der Waals surface area contributed by atoms with Crippen molar-refractivity contribution in [2.45, 2.75) is 12.5 Å². The topological polar surface area (TPSA) is 96.6 Å². The maximum atomic E-state index is 12.4. The number of aliphatic imine (C=N–C) groups is 1. The van der Waals surface area contributed by atoms with Gasteiger partial charge in [-0.2, -0.15) is 0 Å². The van der Waals surface area contributed by atoms with Crippen LogP contribution >= 0.6 is 0 Å². The highest BCUT2D eigenvalue weighted by Gasteiger charge is 2.31. The SMILES string of the molecule is NC(=O)C1=CC(NC(=O)NCCc2ccccc2)C2=Nc3ccccc3C2=C1. The fourth-order valence-electron chi connectivity index (χ4n) is 3.40. The van der Waals surface area contributed by atoms with Gasteiger partial charge in [-0.3, -0.25) is 4.79 Å². The molecule has 0 saturated heterocycles. The molecule has 2 aromatic carbocycles. The molecule has 4 rings (SSSR count). The number of primary amides is 1. The van der Waals surface area contributed by atoms with E-state index in [1.54, 1.807) is 12.2 Å². The summed E-state index contributed by atoms with van der Waals surface area (Å²) < 4.78 is 0. The van der Waals surface area contributed by atoms with Gasteiger partial charge >= 0.3 is 6.03 Å². The Balaban J connectivity index is 1.47. The van der Waals surface area contributed by atoms with Crippen molar-refractivity contribution in [3.8, 4) is 0 Å². The molecular weight excluding hydrogens is 352 g/mol. The van der Waals surface area contributed by atoms with Crippen molar-refractivity contribution >= 4 is 28.9 Å². The number of para-hydroxylation sites is 1. The molecule has 1 aliphatic carbocycles. The molecule has 0 radical (unpaired) electrons. The molecular formula is C22H20N4O2. The number of rotatable bonds is 5. The summed E-state index contributed by atoms with van der Waals surface area (Å²) in [5, 5.41) is 5.74. The van der Waals surface area contributed by atoms with Gasteiger partial charge in [0.25, 0.3) is 0 Å². The maximum absolute atomic E-state index is 12.4. The lowest BCUT2D eigenvalue weighted by atomic mass is 9.90. The second kappa shape index (κ2) is 7.52. The lowest BCUT2D eigenvalue weighted by molar-refractivity contribution is -0.114. The van der Waals surface area contributed by atoms with Crippen LogP contribution in [-0.2, 0) is 11.2 Å². The van der Waals surface area contributed by atoms with Gasteiger partial charge in [0, 0.05) is 23.3 Å².